The number of ether oxygens (including phenoxy) is 1. The molecule has 0 bridgehead atoms. The van der Waals surface area contributed by atoms with E-state index in [1.165, 1.54) is 17.8 Å². The largest absolute Gasteiger partial charge is 0.462 e. The molecule has 1 atom stereocenters. The monoisotopic (exact) mass is 409 g/mol. The molecule has 0 unspecified atom stereocenters. The van der Waals surface area contributed by atoms with E-state index in [-0.39, 0.29) is 23.6 Å². The minimum absolute atomic E-state index is 0.0245. The standard InChI is InChI=1S/C22H23N3O3S/c1-3-28-22(27)18-13-17(14-23)20(24-15(18)2)29-19(16-9-5-4-6-10-16)21(26)25-11-7-8-12-25/h4-6,9-10,13,19H,3,7-8,11-12H2,1-2H3/t19-/m1/s1. The van der Waals surface area contributed by atoms with E-state index in [0.29, 0.717) is 10.7 Å². The number of hydrogen-bond acceptors (Lipinski definition) is 6. The Morgan fingerprint density at radius 2 is 1.97 bits per heavy atom. The Bertz CT molecular complexity index is 934. The summed E-state index contributed by atoms with van der Waals surface area (Å²) in [5, 5.41) is 9.57. The minimum atomic E-state index is -0.502. The third-order valence-corrected chi connectivity index (χ3v) is 6.01. The van der Waals surface area contributed by atoms with E-state index in [9.17, 15) is 14.9 Å². The van der Waals surface area contributed by atoms with Crippen molar-refractivity contribution in [1.82, 2.24) is 9.88 Å². The van der Waals surface area contributed by atoms with Crippen LogP contribution in [0.3, 0.4) is 0 Å². The molecule has 1 amide bonds. The fourth-order valence-corrected chi connectivity index (χ4v) is 4.46. The number of thioether (sulfide) groups is 1. The maximum Gasteiger partial charge on any atom is 0.340 e. The predicted molar refractivity (Wildman–Crippen MR) is 110 cm³/mol. The molecule has 6 nitrogen and oxygen atoms in total. The normalized spacial score (nSPS) is 14.3. The first-order chi connectivity index (χ1) is 14.0. The van der Waals surface area contributed by atoms with Crippen molar-refractivity contribution in [2.75, 3.05) is 19.7 Å². The molecule has 0 aliphatic carbocycles. The highest BCUT2D eigenvalue weighted by molar-refractivity contribution is 8.00. The van der Waals surface area contributed by atoms with Crippen molar-refractivity contribution >= 4 is 23.6 Å². The van der Waals surface area contributed by atoms with Gasteiger partial charge in [0.1, 0.15) is 16.3 Å². The predicted octanol–water partition coefficient (Wildman–Crippen LogP) is 3.89. The zero-order valence-corrected chi connectivity index (χ0v) is 17.4. The van der Waals surface area contributed by atoms with Gasteiger partial charge in [0.05, 0.1) is 23.4 Å². The van der Waals surface area contributed by atoms with Crippen LogP contribution in [-0.2, 0) is 9.53 Å². The number of esters is 1. The third kappa shape index (κ3) is 4.77. The minimum Gasteiger partial charge on any atom is -0.462 e. The lowest BCUT2D eigenvalue weighted by Gasteiger charge is -2.23. The number of likely N-dealkylation sites (tertiary alicyclic amines) is 1. The number of aryl methyl sites for hydroxylation is 1. The van der Waals surface area contributed by atoms with Gasteiger partial charge in [0.15, 0.2) is 0 Å². The number of amides is 1. The molecule has 1 aromatic carbocycles. The molecule has 0 spiro atoms. The third-order valence-electron chi connectivity index (χ3n) is 4.77. The Hall–Kier alpha value is -2.85. The van der Waals surface area contributed by atoms with Gasteiger partial charge >= 0.3 is 5.97 Å². The molecule has 1 fully saturated rings. The van der Waals surface area contributed by atoms with Crippen molar-refractivity contribution in [3.63, 3.8) is 0 Å². The van der Waals surface area contributed by atoms with Gasteiger partial charge in [0.2, 0.25) is 5.91 Å². The Kier molecular flexibility index (Phi) is 6.89. The molecule has 1 saturated heterocycles. The number of rotatable bonds is 6. The van der Waals surface area contributed by atoms with Crippen molar-refractivity contribution < 1.29 is 14.3 Å². The Balaban J connectivity index is 1.97. The van der Waals surface area contributed by atoms with Crippen molar-refractivity contribution in [2.45, 2.75) is 37.0 Å². The summed E-state index contributed by atoms with van der Waals surface area (Å²) in [5.41, 5.74) is 1.88. The van der Waals surface area contributed by atoms with Crippen LogP contribution in [0.1, 0.15) is 52.2 Å². The number of nitrogens with zero attached hydrogens (tertiary/aromatic N) is 3. The van der Waals surface area contributed by atoms with E-state index < -0.39 is 11.2 Å². The van der Waals surface area contributed by atoms with Crippen LogP contribution in [0.4, 0.5) is 0 Å². The van der Waals surface area contributed by atoms with Crippen LogP contribution in [0.25, 0.3) is 0 Å². The van der Waals surface area contributed by atoms with Crippen LogP contribution >= 0.6 is 11.8 Å². The lowest BCUT2D eigenvalue weighted by molar-refractivity contribution is -0.129. The van der Waals surface area contributed by atoms with Crippen LogP contribution in [0, 0.1) is 18.3 Å². The van der Waals surface area contributed by atoms with Crippen molar-refractivity contribution in [3.8, 4) is 6.07 Å². The van der Waals surface area contributed by atoms with Crippen LogP contribution in [0.15, 0.2) is 41.4 Å². The number of pyridine rings is 1. The zero-order valence-electron chi connectivity index (χ0n) is 16.6. The quantitative estimate of drug-likeness (QED) is 0.532. The van der Waals surface area contributed by atoms with Crippen LogP contribution < -0.4 is 0 Å². The van der Waals surface area contributed by atoms with Gasteiger partial charge in [-0.3, -0.25) is 4.79 Å². The first kappa shape index (κ1) is 20.9. The van der Waals surface area contributed by atoms with E-state index in [4.69, 9.17) is 4.74 Å². The summed E-state index contributed by atoms with van der Waals surface area (Å²) < 4.78 is 5.05. The van der Waals surface area contributed by atoms with Crippen LogP contribution in [-0.4, -0.2) is 41.5 Å². The molecule has 1 aliphatic rings. The second kappa shape index (κ2) is 9.57. The molecule has 2 aromatic rings. The highest BCUT2D eigenvalue weighted by Crippen LogP contribution is 2.38. The van der Waals surface area contributed by atoms with E-state index in [1.54, 1.807) is 13.8 Å². The molecule has 150 valence electrons. The van der Waals surface area contributed by atoms with Gasteiger partial charge in [-0.05, 0) is 38.3 Å². The van der Waals surface area contributed by atoms with Gasteiger partial charge in [0.25, 0.3) is 0 Å². The van der Waals surface area contributed by atoms with Crippen LogP contribution in [0.5, 0.6) is 0 Å². The molecule has 0 saturated carbocycles. The molecule has 0 radical (unpaired) electrons. The number of aromatic nitrogens is 1. The number of carbonyl (C=O) groups excluding carboxylic acids is 2. The van der Waals surface area contributed by atoms with E-state index in [0.717, 1.165) is 31.5 Å². The van der Waals surface area contributed by atoms with E-state index in [1.807, 2.05) is 35.2 Å². The van der Waals surface area contributed by atoms with Gasteiger partial charge in [-0.2, -0.15) is 5.26 Å². The smallest absolute Gasteiger partial charge is 0.340 e. The second-order valence-electron chi connectivity index (χ2n) is 6.75. The second-order valence-corrected chi connectivity index (χ2v) is 7.84. The number of hydrogen-bond donors (Lipinski definition) is 0. The molecule has 7 heteroatoms. The fraction of sp³-hybridized carbons (Fsp3) is 0.364. The van der Waals surface area contributed by atoms with Gasteiger partial charge in [-0.25, -0.2) is 9.78 Å². The average molecular weight is 410 g/mol. The zero-order chi connectivity index (χ0) is 20.8. The highest BCUT2D eigenvalue weighted by atomic mass is 32.2. The summed E-state index contributed by atoms with van der Waals surface area (Å²) in [5.74, 6) is -0.477. The SMILES string of the molecule is CCOC(=O)c1cc(C#N)c(S[C@@H](C(=O)N2CCCC2)c2ccccc2)nc1C. The number of benzene rings is 1. The molecule has 1 aromatic heterocycles. The highest BCUT2D eigenvalue weighted by Gasteiger charge is 2.30. The van der Waals surface area contributed by atoms with Crippen molar-refractivity contribution in [3.05, 3.63) is 58.8 Å². The molecule has 29 heavy (non-hydrogen) atoms. The first-order valence-electron chi connectivity index (χ1n) is 9.64. The topological polar surface area (TPSA) is 83.3 Å². The summed E-state index contributed by atoms with van der Waals surface area (Å²) in [7, 11) is 0. The Labute approximate surface area is 174 Å². The van der Waals surface area contributed by atoms with Crippen molar-refractivity contribution in [1.29, 1.82) is 5.26 Å². The summed E-state index contributed by atoms with van der Waals surface area (Å²) in [4.78, 5) is 31.7. The Morgan fingerprint density at radius 1 is 1.28 bits per heavy atom. The lowest BCUT2D eigenvalue weighted by atomic mass is 10.1. The first-order valence-corrected chi connectivity index (χ1v) is 10.5. The maximum atomic E-state index is 13.2. The van der Waals surface area contributed by atoms with E-state index >= 15 is 0 Å². The summed E-state index contributed by atoms with van der Waals surface area (Å²) >= 11 is 1.26. The molecule has 1 aliphatic heterocycles. The van der Waals surface area contributed by atoms with Gasteiger partial charge < -0.3 is 9.64 Å². The Morgan fingerprint density at radius 3 is 2.59 bits per heavy atom. The van der Waals surface area contributed by atoms with Gasteiger partial charge in [-0.15, -0.1) is 0 Å². The van der Waals surface area contributed by atoms with Crippen molar-refractivity contribution in [2.24, 2.45) is 0 Å². The van der Waals surface area contributed by atoms with Gasteiger partial charge in [-0.1, -0.05) is 42.1 Å². The summed E-state index contributed by atoms with van der Waals surface area (Å²) in [6.07, 6.45) is 2.01. The average Bonchev–Trinajstić information content (AvgIpc) is 3.27. The number of nitriles is 1. The molecule has 2 heterocycles. The van der Waals surface area contributed by atoms with Gasteiger partial charge in [0, 0.05) is 13.1 Å². The fourth-order valence-electron chi connectivity index (χ4n) is 3.27. The molecular formula is C22H23N3O3S. The van der Waals surface area contributed by atoms with Crippen LogP contribution in [0.2, 0.25) is 0 Å². The molecule has 3 rings (SSSR count). The molecule has 0 N–H and O–H groups in total. The summed E-state index contributed by atoms with van der Waals surface area (Å²) in [6.45, 7) is 5.18. The summed E-state index contributed by atoms with van der Waals surface area (Å²) in [6, 6.07) is 13.1. The maximum absolute atomic E-state index is 13.2. The van der Waals surface area contributed by atoms with E-state index in [2.05, 4.69) is 11.1 Å². The number of carbonyl (C=O) groups is 2. The lowest BCUT2D eigenvalue weighted by Crippen LogP contribution is -2.31. The molecular weight excluding hydrogens is 386 g/mol.